The number of benzene rings is 2. The lowest BCUT2D eigenvalue weighted by atomic mass is 10.2. The average Bonchev–Trinajstić information content (AvgIpc) is 2.60. The van der Waals surface area contributed by atoms with Crippen molar-refractivity contribution in [2.75, 3.05) is 10.6 Å². The summed E-state index contributed by atoms with van der Waals surface area (Å²) in [5.74, 6) is -0.978. The van der Waals surface area contributed by atoms with Gasteiger partial charge in [-0.25, -0.2) is 9.37 Å². The number of aromatic nitrogens is 2. The predicted octanol–water partition coefficient (Wildman–Crippen LogP) is 4.92. The van der Waals surface area contributed by atoms with E-state index in [4.69, 9.17) is 23.2 Å². The third kappa shape index (κ3) is 4.23. The molecule has 126 valence electrons. The Kier molecular flexibility index (Phi) is 5.11. The van der Waals surface area contributed by atoms with Crippen LogP contribution in [-0.2, 0) is 0 Å². The van der Waals surface area contributed by atoms with Gasteiger partial charge in [0.15, 0.2) is 11.6 Å². The Morgan fingerprint density at radius 3 is 2.40 bits per heavy atom. The summed E-state index contributed by atoms with van der Waals surface area (Å²) >= 11 is 11.6. The smallest absolute Gasteiger partial charge is 0.257 e. The molecule has 0 aliphatic carbocycles. The van der Waals surface area contributed by atoms with Crippen molar-refractivity contribution in [3.8, 4) is 0 Å². The van der Waals surface area contributed by atoms with Gasteiger partial charge in [-0.3, -0.25) is 4.79 Å². The third-order valence-electron chi connectivity index (χ3n) is 3.24. The number of halogens is 3. The van der Waals surface area contributed by atoms with Crippen LogP contribution in [0.4, 0.5) is 21.6 Å². The highest BCUT2D eigenvalue weighted by atomic mass is 35.5. The molecule has 25 heavy (non-hydrogen) atoms. The molecule has 0 unspecified atom stereocenters. The molecule has 5 nitrogen and oxygen atoms in total. The van der Waals surface area contributed by atoms with Gasteiger partial charge in [-0.2, -0.15) is 4.98 Å². The first-order valence-electron chi connectivity index (χ1n) is 7.14. The van der Waals surface area contributed by atoms with E-state index in [0.717, 1.165) is 6.20 Å². The summed E-state index contributed by atoms with van der Waals surface area (Å²) in [6.45, 7) is 0. The second-order valence-electron chi connectivity index (χ2n) is 4.97. The van der Waals surface area contributed by atoms with Crippen LogP contribution in [0.1, 0.15) is 10.4 Å². The number of rotatable bonds is 4. The summed E-state index contributed by atoms with van der Waals surface area (Å²) in [5, 5.41) is 5.84. The number of carbonyl (C=O) groups is 1. The highest BCUT2D eigenvalue weighted by Gasteiger charge is 2.10. The molecule has 0 spiro atoms. The van der Waals surface area contributed by atoms with Gasteiger partial charge < -0.3 is 10.6 Å². The molecule has 0 saturated heterocycles. The van der Waals surface area contributed by atoms with Crippen LogP contribution in [0.3, 0.4) is 0 Å². The molecule has 0 saturated carbocycles. The minimum absolute atomic E-state index is 0.0344. The molecule has 0 radical (unpaired) electrons. The molecular formula is C17H11Cl2FN4O. The molecule has 3 aromatic rings. The number of anilines is 3. The number of carbonyl (C=O) groups excluding carboxylic acids is 1. The zero-order valence-corrected chi connectivity index (χ0v) is 14.1. The SMILES string of the molecule is O=C(Nc1ccc(Nc2nc(Cl)ncc2F)cc1)c1ccccc1Cl. The Hall–Kier alpha value is -2.70. The van der Waals surface area contributed by atoms with Crippen molar-refractivity contribution in [3.63, 3.8) is 0 Å². The highest BCUT2D eigenvalue weighted by molar-refractivity contribution is 6.34. The van der Waals surface area contributed by atoms with E-state index in [1.54, 1.807) is 48.5 Å². The number of hydrogen-bond acceptors (Lipinski definition) is 4. The van der Waals surface area contributed by atoms with Gasteiger partial charge >= 0.3 is 0 Å². The standard InChI is InChI=1S/C17H11Cl2FN4O/c18-13-4-2-1-3-12(13)16(25)23-11-7-5-10(6-8-11)22-15-14(20)9-21-17(19)24-15/h1-9H,(H,23,25)(H,21,22,24). The van der Waals surface area contributed by atoms with E-state index in [0.29, 0.717) is 22.0 Å². The molecule has 0 atom stereocenters. The average molecular weight is 377 g/mol. The first kappa shape index (κ1) is 17.1. The van der Waals surface area contributed by atoms with Gasteiger partial charge in [0.2, 0.25) is 5.28 Å². The van der Waals surface area contributed by atoms with Crippen LogP contribution in [0.2, 0.25) is 10.3 Å². The lowest BCUT2D eigenvalue weighted by Crippen LogP contribution is -2.12. The van der Waals surface area contributed by atoms with Gasteiger partial charge in [0.25, 0.3) is 5.91 Å². The number of hydrogen-bond donors (Lipinski definition) is 2. The van der Waals surface area contributed by atoms with Crippen molar-refractivity contribution in [2.24, 2.45) is 0 Å². The van der Waals surface area contributed by atoms with Crippen molar-refractivity contribution in [1.82, 2.24) is 9.97 Å². The number of amides is 1. The Bertz CT molecular complexity index is 919. The highest BCUT2D eigenvalue weighted by Crippen LogP contribution is 2.22. The molecular weight excluding hydrogens is 366 g/mol. The summed E-state index contributed by atoms with van der Waals surface area (Å²) < 4.78 is 13.6. The lowest BCUT2D eigenvalue weighted by Gasteiger charge is -2.09. The number of nitrogens with one attached hydrogen (secondary N) is 2. The molecule has 3 rings (SSSR count). The van der Waals surface area contributed by atoms with Gasteiger partial charge in [-0.05, 0) is 48.0 Å². The maximum Gasteiger partial charge on any atom is 0.257 e. The number of nitrogens with zero attached hydrogens (tertiary/aromatic N) is 2. The summed E-state index contributed by atoms with van der Waals surface area (Å²) in [7, 11) is 0. The van der Waals surface area contributed by atoms with Crippen molar-refractivity contribution >= 4 is 46.3 Å². The maximum atomic E-state index is 13.6. The van der Waals surface area contributed by atoms with Gasteiger partial charge in [0.1, 0.15) is 0 Å². The van der Waals surface area contributed by atoms with Crippen LogP contribution < -0.4 is 10.6 Å². The molecule has 0 aliphatic heterocycles. The molecule has 1 aromatic heterocycles. The van der Waals surface area contributed by atoms with E-state index in [2.05, 4.69) is 20.6 Å². The first-order chi connectivity index (χ1) is 12.0. The monoisotopic (exact) mass is 376 g/mol. The molecule has 0 fully saturated rings. The van der Waals surface area contributed by atoms with Crippen molar-refractivity contribution < 1.29 is 9.18 Å². The van der Waals surface area contributed by atoms with Gasteiger partial charge in [0, 0.05) is 11.4 Å². The van der Waals surface area contributed by atoms with Crippen LogP contribution in [-0.4, -0.2) is 15.9 Å². The van der Waals surface area contributed by atoms with Crippen molar-refractivity contribution in [3.05, 3.63) is 76.4 Å². The van der Waals surface area contributed by atoms with E-state index in [1.165, 1.54) is 0 Å². The van der Waals surface area contributed by atoms with E-state index in [-0.39, 0.29) is 17.0 Å². The minimum atomic E-state index is -0.625. The van der Waals surface area contributed by atoms with E-state index >= 15 is 0 Å². The molecule has 8 heteroatoms. The fraction of sp³-hybridized carbons (Fsp3) is 0. The van der Waals surface area contributed by atoms with Crippen molar-refractivity contribution in [1.29, 1.82) is 0 Å². The summed E-state index contributed by atoms with van der Waals surface area (Å²) in [4.78, 5) is 19.5. The second-order valence-corrected chi connectivity index (χ2v) is 5.72. The Balaban J connectivity index is 1.71. The van der Waals surface area contributed by atoms with Crippen LogP contribution in [0, 0.1) is 5.82 Å². The van der Waals surface area contributed by atoms with Crippen LogP contribution >= 0.6 is 23.2 Å². The molecule has 0 aliphatic rings. The Labute approximate surface area is 152 Å². The molecule has 2 N–H and O–H groups in total. The fourth-order valence-corrected chi connectivity index (χ4v) is 2.41. The predicted molar refractivity (Wildman–Crippen MR) is 96.1 cm³/mol. The van der Waals surface area contributed by atoms with Crippen LogP contribution in [0.25, 0.3) is 0 Å². The Morgan fingerprint density at radius 1 is 1.00 bits per heavy atom. The zero-order valence-electron chi connectivity index (χ0n) is 12.6. The topological polar surface area (TPSA) is 66.9 Å². The molecule has 1 heterocycles. The maximum absolute atomic E-state index is 13.6. The summed E-state index contributed by atoms with van der Waals surface area (Å²) in [5.41, 5.74) is 1.52. The second kappa shape index (κ2) is 7.46. The van der Waals surface area contributed by atoms with Gasteiger partial charge in [0.05, 0.1) is 16.8 Å². The lowest BCUT2D eigenvalue weighted by molar-refractivity contribution is 0.102. The molecule has 2 aromatic carbocycles. The van der Waals surface area contributed by atoms with Crippen molar-refractivity contribution in [2.45, 2.75) is 0 Å². The third-order valence-corrected chi connectivity index (χ3v) is 3.75. The van der Waals surface area contributed by atoms with Gasteiger partial charge in [-0.15, -0.1) is 0 Å². The molecule has 0 bridgehead atoms. The van der Waals surface area contributed by atoms with Crippen LogP contribution in [0.5, 0.6) is 0 Å². The van der Waals surface area contributed by atoms with E-state index < -0.39 is 5.82 Å². The zero-order chi connectivity index (χ0) is 17.8. The fourth-order valence-electron chi connectivity index (χ4n) is 2.05. The largest absolute Gasteiger partial charge is 0.338 e. The normalized spacial score (nSPS) is 10.4. The van der Waals surface area contributed by atoms with E-state index in [9.17, 15) is 9.18 Å². The Morgan fingerprint density at radius 2 is 1.68 bits per heavy atom. The minimum Gasteiger partial charge on any atom is -0.338 e. The van der Waals surface area contributed by atoms with E-state index in [1.807, 2.05) is 0 Å². The quantitative estimate of drug-likeness (QED) is 0.634. The first-order valence-corrected chi connectivity index (χ1v) is 7.89. The molecule has 1 amide bonds. The summed E-state index contributed by atoms with van der Waals surface area (Å²) in [6, 6.07) is 13.4. The van der Waals surface area contributed by atoms with Gasteiger partial charge in [-0.1, -0.05) is 23.7 Å². The van der Waals surface area contributed by atoms with Crippen LogP contribution in [0.15, 0.2) is 54.7 Å². The summed E-state index contributed by atoms with van der Waals surface area (Å²) in [6.07, 6.45) is 0.982.